The molecule has 0 saturated carbocycles. The molecule has 0 saturated heterocycles. The summed E-state index contributed by atoms with van der Waals surface area (Å²) >= 11 is 0. The minimum Gasteiger partial charge on any atom is -0.309 e. The molecule has 1 nitrogen and oxygen atoms in total. The molecule has 0 radical (unpaired) electrons. The van der Waals surface area contributed by atoms with Gasteiger partial charge in [0.15, 0.2) is 0 Å². The Labute approximate surface area is 62.3 Å². The van der Waals surface area contributed by atoms with Gasteiger partial charge in [0.1, 0.15) is 0 Å². The Morgan fingerprint density at radius 2 is 1.90 bits per heavy atom. The van der Waals surface area contributed by atoms with Crippen molar-refractivity contribution in [3.05, 3.63) is 36.0 Å². The highest BCUT2D eigenvalue weighted by Crippen LogP contribution is 2.04. The van der Waals surface area contributed by atoms with E-state index in [1.807, 2.05) is 26.0 Å². The number of nitrogens with one attached hydrogen (secondary N) is 1. The summed E-state index contributed by atoms with van der Waals surface area (Å²) in [6.07, 6.45) is 6.66. The maximum atomic E-state index is 6.73. The second-order valence-electron chi connectivity index (χ2n) is 2.10. The van der Waals surface area contributed by atoms with E-state index in [0.717, 1.165) is 11.1 Å². The molecule has 0 aliphatic heterocycles. The molecule has 0 bridgehead atoms. The summed E-state index contributed by atoms with van der Waals surface area (Å²) in [6, 6.07) is 0. The molecule has 1 N–H and O–H groups in total. The fourth-order valence-corrected chi connectivity index (χ4v) is 0.485. The van der Waals surface area contributed by atoms with Gasteiger partial charge in [-0.25, -0.2) is 0 Å². The largest absolute Gasteiger partial charge is 0.309 e. The summed E-state index contributed by atoms with van der Waals surface area (Å²) in [5, 5.41) is 6.73. The molecule has 0 atom stereocenters. The Balaban J connectivity index is 4.31. The summed E-state index contributed by atoms with van der Waals surface area (Å²) in [5.74, 6) is 0. The van der Waals surface area contributed by atoms with Crippen LogP contribution in [-0.2, 0) is 0 Å². The third-order valence-electron chi connectivity index (χ3n) is 1.37. The molecule has 0 heterocycles. The molecule has 0 unspecified atom stereocenters. The van der Waals surface area contributed by atoms with Crippen molar-refractivity contribution in [2.45, 2.75) is 13.8 Å². The van der Waals surface area contributed by atoms with Crippen molar-refractivity contribution in [1.82, 2.24) is 0 Å². The first-order chi connectivity index (χ1) is 4.72. The molecule has 0 aromatic rings. The monoisotopic (exact) mass is 135 g/mol. The van der Waals surface area contributed by atoms with Gasteiger partial charge in [-0.15, -0.1) is 0 Å². The van der Waals surface area contributed by atoms with Gasteiger partial charge in [0.25, 0.3) is 0 Å². The van der Waals surface area contributed by atoms with Crippen molar-refractivity contribution in [1.29, 1.82) is 5.41 Å². The first-order valence-electron chi connectivity index (χ1n) is 3.19. The fourth-order valence-electron chi connectivity index (χ4n) is 0.485. The van der Waals surface area contributed by atoms with E-state index < -0.39 is 0 Å². The molecule has 0 spiro atoms. The van der Waals surface area contributed by atoms with Gasteiger partial charge in [-0.3, -0.25) is 0 Å². The van der Waals surface area contributed by atoms with Crippen LogP contribution in [0.3, 0.4) is 0 Å². The summed E-state index contributed by atoms with van der Waals surface area (Å²) in [4.78, 5) is 0. The highest BCUT2D eigenvalue weighted by molar-refractivity contribution is 5.68. The average Bonchev–Trinajstić information content (AvgIpc) is 1.98. The van der Waals surface area contributed by atoms with Gasteiger partial charge in [-0.2, -0.15) is 0 Å². The molecule has 0 rings (SSSR count). The van der Waals surface area contributed by atoms with Gasteiger partial charge < -0.3 is 5.41 Å². The van der Waals surface area contributed by atoms with E-state index in [-0.39, 0.29) is 0 Å². The molecule has 0 aliphatic carbocycles. The number of allylic oxidation sites excluding steroid dienone is 5. The van der Waals surface area contributed by atoms with Gasteiger partial charge >= 0.3 is 0 Å². The molecular formula is C9H13N. The smallest absolute Gasteiger partial charge is 0.0177 e. The highest BCUT2D eigenvalue weighted by Gasteiger charge is 1.84. The predicted molar refractivity (Wildman–Crippen MR) is 46.5 cm³/mol. The quantitative estimate of drug-likeness (QED) is 0.454. The van der Waals surface area contributed by atoms with Crippen molar-refractivity contribution < 1.29 is 0 Å². The Bertz CT molecular complexity index is 185. The van der Waals surface area contributed by atoms with E-state index in [1.54, 1.807) is 6.08 Å². The van der Waals surface area contributed by atoms with Crippen molar-refractivity contribution >= 4 is 6.21 Å². The molecule has 0 aromatic carbocycles. The van der Waals surface area contributed by atoms with Crippen LogP contribution in [0.5, 0.6) is 0 Å². The molecule has 0 amide bonds. The summed E-state index contributed by atoms with van der Waals surface area (Å²) in [7, 11) is 0. The van der Waals surface area contributed by atoms with Gasteiger partial charge in [-0.1, -0.05) is 18.7 Å². The Hall–Kier alpha value is -1.11. The van der Waals surface area contributed by atoms with Crippen molar-refractivity contribution in [3.8, 4) is 0 Å². The van der Waals surface area contributed by atoms with Crippen LogP contribution in [0, 0.1) is 5.41 Å². The third-order valence-corrected chi connectivity index (χ3v) is 1.37. The van der Waals surface area contributed by atoms with Crippen LogP contribution in [0.4, 0.5) is 0 Å². The van der Waals surface area contributed by atoms with Crippen LogP contribution in [-0.4, -0.2) is 6.21 Å². The first-order valence-corrected chi connectivity index (χ1v) is 3.19. The topological polar surface area (TPSA) is 23.9 Å². The van der Waals surface area contributed by atoms with Crippen molar-refractivity contribution in [3.63, 3.8) is 0 Å². The molecule has 54 valence electrons. The second-order valence-corrected chi connectivity index (χ2v) is 2.10. The van der Waals surface area contributed by atoms with Gasteiger partial charge in [0, 0.05) is 6.21 Å². The minimum absolute atomic E-state index is 1.15. The average molecular weight is 135 g/mol. The maximum Gasteiger partial charge on any atom is 0.0177 e. The molecule has 1 heteroatoms. The van der Waals surface area contributed by atoms with E-state index in [4.69, 9.17) is 5.41 Å². The standard InChI is InChI=1S/C9H13N/c1-4-8(2)9(3)6-5-7-10/h4-7,10H,1H2,2-3H3/b6-5-,9-8-,10-7?. The van der Waals surface area contributed by atoms with E-state index in [1.165, 1.54) is 6.21 Å². The SMILES string of the molecule is C=C/C(C)=C(C)\C=C/C=N. The van der Waals surface area contributed by atoms with Crippen LogP contribution in [0.2, 0.25) is 0 Å². The van der Waals surface area contributed by atoms with Gasteiger partial charge in [-0.05, 0) is 31.1 Å². The maximum absolute atomic E-state index is 6.73. The predicted octanol–water partition coefficient (Wildman–Crippen LogP) is 2.71. The van der Waals surface area contributed by atoms with Crippen molar-refractivity contribution in [2.75, 3.05) is 0 Å². The first kappa shape index (κ1) is 8.89. The molecular weight excluding hydrogens is 122 g/mol. The summed E-state index contributed by atoms with van der Waals surface area (Å²) < 4.78 is 0. The third kappa shape index (κ3) is 3.02. The Kier molecular flexibility index (Phi) is 4.21. The number of hydrogen-bond acceptors (Lipinski definition) is 1. The van der Waals surface area contributed by atoms with Gasteiger partial charge in [0.05, 0.1) is 0 Å². The molecule has 0 fully saturated rings. The minimum atomic E-state index is 1.15. The molecule has 0 aliphatic rings. The Morgan fingerprint density at radius 3 is 2.30 bits per heavy atom. The lowest BCUT2D eigenvalue weighted by Gasteiger charge is -1.93. The number of hydrogen-bond donors (Lipinski definition) is 1. The van der Waals surface area contributed by atoms with Crippen LogP contribution in [0.25, 0.3) is 0 Å². The molecule has 10 heavy (non-hydrogen) atoms. The molecule has 0 aromatic heterocycles. The van der Waals surface area contributed by atoms with Crippen LogP contribution in [0.1, 0.15) is 13.8 Å². The lowest BCUT2D eigenvalue weighted by Crippen LogP contribution is -1.74. The fraction of sp³-hybridized carbons (Fsp3) is 0.222. The zero-order valence-electron chi connectivity index (χ0n) is 6.52. The highest BCUT2D eigenvalue weighted by atomic mass is 14.3. The van der Waals surface area contributed by atoms with E-state index in [0.29, 0.717) is 0 Å². The van der Waals surface area contributed by atoms with Crippen LogP contribution in [0.15, 0.2) is 36.0 Å². The number of rotatable bonds is 3. The van der Waals surface area contributed by atoms with Crippen molar-refractivity contribution in [2.24, 2.45) is 0 Å². The normalized spacial score (nSPS) is 13.0. The lowest BCUT2D eigenvalue weighted by molar-refractivity contribution is 1.38. The van der Waals surface area contributed by atoms with Crippen LogP contribution >= 0.6 is 0 Å². The zero-order valence-corrected chi connectivity index (χ0v) is 6.52. The second kappa shape index (κ2) is 4.74. The summed E-state index contributed by atoms with van der Waals surface area (Å²) in [5.41, 5.74) is 2.30. The van der Waals surface area contributed by atoms with E-state index in [2.05, 4.69) is 6.58 Å². The van der Waals surface area contributed by atoms with Crippen LogP contribution < -0.4 is 0 Å². The Morgan fingerprint density at radius 1 is 1.30 bits per heavy atom. The van der Waals surface area contributed by atoms with E-state index in [9.17, 15) is 0 Å². The zero-order chi connectivity index (χ0) is 7.98. The van der Waals surface area contributed by atoms with Gasteiger partial charge in [0.2, 0.25) is 0 Å². The summed E-state index contributed by atoms with van der Waals surface area (Å²) in [6.45, 7) is 7.63. The van der Waals surface area contributed by atoms with E-state index >= 15 is 0 Å². The lowest BCUT2D eigenvalue weighted by atomic mass is 10.1.